The molecule has 5 aromatic rings. The van der Waals surface area contributed by atoms with Gasteiger partial charge in [0.2, 0.25) is 0 Å². The average molecular weight is 488 g/mol. The minimum Gasteiger partial charge on any atom is -0.334 e. The molecule has 0 aliphatic carbocycles. The van der Waals surface area contributed by atoms with Crippen LogP contribution in [0, 0.1) is 13.8 Å². The van der Waals surface area contributed by atoms with E-state index in [2.05, 4.69) is 65.5 Å². The number of hydrogen-bond donors (Lipinski definition) is 1. The molecule has 1 atom stereocenters. The van der Waals surface area contributed by atoms with Gasteiger partial charge >= 0.3 is 6.03 Å². The number of aromatic nitrogens is 3. The van der Waals surface area contributed by atoms with Gasteiger partial charge in [0.15, 0.2) is 0 Å². The fourth-order valence-corrected chi connectivity index (χ4v) is 5.22. The summed E-state index contributed by atoms with van der Waals surface area (Å²) in [5.41, 5.74) is 7.26. The Balaban J connectivity index is 1.49. The van der Waals surface area contributed by atoms with E-state index < -0.39 is 0 Å². The second-order valence-electron chi connectivity index (χ2n) is 9.53. The second-order valence-corrected chi connectivity index (χ2v) is 9.53. The van der Waals surface area contributed by atoms with Crippen molar-refractivity contribution < 1.29 is 4.79 Å². The van der Waals surface area contributed by atoms with Crippen molar-refractivity contribution in [1.82, 2.24) is 24.6 Å². The molecule has 1 aliphatic heterocycles. The standard InChI is InChI=1S/C31H29N5O/c1-22-11-9-14-25(19-22)29-28-17-10-18-34(28)30-27(23(2)33-36(30)26-15-7-4-8-16-26)21-35(29)31(37)32-20-24-12-5-3-6-13-24/h3-19,29H,20-21H2,1-2H3,(H,32,37). The number of rotatable bonds is 4. The number of aryl methyl sites for hydroxylation is 2. The molecule has 6 heteroatoms. The first kappa shape index (κ1) is 22.9. The summed E-state index contributed by atoms with van der Waals surface area (Å²) in [6.45, 7) is 5.02. The summed E-state index contributed by atoms with van der Waals surface area (Å²) in [7, 11) is 0. The molecule has 0 spiro atoms. The van der Waals surface area contributed by atoms with Gasteiger partial charge in [-0.15, -0.1) is 0 Å². The fraction of sp³-hybridized carbons (Fsp3) is 0.161. The predicted octanol–water partition coefficient (Wildman–Crippen LogP) is 6.09. The minimum absolute atomic E-state index is 0.108. The van der Waals surface area contributed by atoms with Gasteiger partial charge < -0.3 is 14.8 Å². The normalized spacial score (nSPS) is 14.5. The molecule has 37 heavy (non-hydrogen) atoms. The van der Waals surface area contributed by atoms with Gasteiger partial charge in [-0.1, -0.05) is 78.4 Å². The lowest BCUT2D eigenvalue weighted by atomic mass is 10.00. The van der Waals surface area contributed by atoms with Crippen molar-refractivity contribution in [3.63, 3.8) is 0 Å². The molecule has 2 aromatic heterocycles. The zero-order valence-electron chi connectivity index (χ0n) is 21.0. The SMILES string of the molecule is Cc1cccc(C2c3cccn3-c3c(c(C)nn3-c3ccccc3)CN2C(=O)NCc2ccccc2)c1. The molecule has 3 aromatic carbocycles. The molecule has 2 amide bonds. The quantitative estimate of drug-likeness (QED) is 0.333. The van der Waals surface area contributed by atoms with E-state index in [0.29, 0.717) is 13.1 Å². The van der Waals surface area contributed by atoms with E-state index >= 15 is 0 Å². The van der Waals surface area contributed by atoms with Gasteiger partial charge in [-0.05, 0) is 49.2 Å². The number of hydrogen-bond acceptors (Lipinski definition) is 2. The summed E-state index contributed by atoms with van der Waals surface area (Å²) < 4.78 is 4.19. The highest BCUT2D eigenvalue weighted by atomic mass is 16.2. The third-order valence-corrected chi connectivity index (χ3v) is 6.99. The molecule has 0 saturated heterocycles. The monoisotopic (exact) mass is 487 g/mol. The van der Waals surface area contributed by atoms with Crippen LogP contribution in [0.25, 0.3) is 11.5 Å². The van der Waals surface area contributed by atoms with E-state index in [1.165, 1.54) is 0 Å². The van der Waals surface area contributed by atoms with Gasteiger partial charge in [-0.25, -0.2) is 9.48 Å². The van der Waals surface area contributed by atoms with E-state index in [4.69, 9.17) is 5.10 Å². The van der Waals surface area contributed by atoms with Crippen molar-refractivity contribution in [2.45, 2.75) is 33.0 Å². The summed E-state index contributed by atoms with van der Waals surface area (Å²) in [5, 5.41) is 8.09. The van der Waals surface area contributed by atoms with Crippen LogP contribution in [0.5, 0.6) is 0 Å². The summed E-state index contributed by atoms with van der Waals surface area (Å²) in [6, 6.07) is 32.4. The molecule has 184 valence electrons. The lowest BCUT2D eigenvalue weighted by Gasteiger charge is -2.31. The Labute approximate surface area is 216 Å². The molecule has 0 saturated carbocycles. The van der Waals surface area contributed by atoms with Crippen molar-refractivity contribution in [1.29, 1.82) is 0 Å². The summed E-state index contributed by atoms with van der Waals surface area (Å²) in [5.74, 6) is 0.972. The van der Waals surface area contributed by atoms with Crippen LogP contribution in [0.15, 0.2) is 103 Å². The van der Waals surface area contributed by atoms with Gasteiger partial charge in [0, 0.05) is 18.3 Å². The molecule has 0 bridgehead atoms. The first-order valence-corrected chi connectivity index (χ1v) is 12.6. The largest absolute Gasteiger partial charge is 0.334 e. The zero-order chi connectivity index (χ0) is 25.4. The topological polar surface area (TPSA) is 55.1 Å². The molecular weight excluding hydrogens is 458 g/mol. The Morgan fingerprint density at radius 3 is 2.43 bits per heavy atom. The number of nitrogens with one attached hydrogen (secondary N) is 1. The van der Waals surface area contributed by atoms with Crippen LogP contribution in [0.3, 0.4) is 0 Å². The molecular formula is C31H29N5O. The first-order chi connectivity index (χ1) is 18.1. The van der Waals surface area contributed by atoms with Crippen molar-refractivity contribution in [2.75, 3.05) is 0 Å². The maximum Gasteiger partial charge on any atom is 0.318 e. The Morgan fingerprint density at radius 2 is 1.68 bits per heavy atom. The fourth-order valence-electron chi connectivity index (χ4n) is 5.22. The van der Waals surface area contributed by atoms with Crippen LogP contribution in [0.1, 0.15) is 39.7 Å². The Hall–Kier alpha value is -4.58. The number of amides is 2. The minimum atomic E-state index is -0.262. The smallest absolute Gasteiger partial charge is 0.318 e. The number of benzene rings is 3. The average Bonchev–Trinajstić information content (AvgIpc) is 3.48. The highest BCUT2D eigenvalue weighted by Crippen LogP contribution is 2.38. The van der Waals surface area contributed by atoms with E-state index in [9.17, 15) is 4.79 Å². The Kier molecular flexibility index (Phi) is 5.85. The van der Waals surface area contributed by atoms with Crippen LogP contribution in [0.4, 0.5) is 4.79 Å². The summed E-state index contributed by atoms with van der Waals surface area (Å²) in [4.78, 5) is 15.8. The molecule has 0 fully saturated rings. The molecule has 6 nitrogen and oxygen atoms in total. The molecule has 3 heterocycles. The van der Waals surface area contributed by atoms with Gasteiger partial charge in [-0.2, -0.15) is 5.10 Å². The Bertz CT molecular complexity index is 1550. The molecule has 1 N–H and O–H groups in total. The highest BCUT2D eigenvalue weighted by Gasteiger charge is 2.35. The van der Waals surface area contributed by atoms with E-state index in [1.54, 1.807) is 0 Å². The van der Waals surface area contributed by atoms with Crippen molar-refractivity contribution in [3.05, 3.63) is 137 Å². The van der Waals surface area contributed by atoms with Crippen LogP contribution >= 0.6 is 0 Å². The number of para-hydroxylation sites is 1. The zero-order valence-corrected chi connectivity index (χ0v) is 21.0. The number of nitrogens with zero attached hydrogens (tertiary/aromatic N) is 4. The Morgan fingerprint density at radius 1 is 0.919 bits per heavy atom. The van der Waals surface area contributed by atoms with E-state index in [0.717, 1.165) is 45.1 Å². The van der Waals surface area contributed by atoms with Crippen molar-refractivity contribution in [3.8, 4) is 11.5 Å². The highest BCUT2D eigenvalue weighted by molar-refractivity contribution is 5.76. The third-order valence-electron chi connectivity index (χ3n) is 6.99. The van der Waals surface area contributed by atoms with Gasteiger partial charge in [0.05, 0.1) is 29.7 Å². The molecule has 1 aliphatic rings. The van der Waals surface area contributed by atoms with E-state index in [-0.39, 0.29) is 12.1 Å². The van der Waals surface area contributed by atoms with Crippen molar-refractivity contribution in [2.24, 2.45) is 0 Å². The number of carbonyl (C=O) groups excluding carboxylic acids is 1. The lowest BCUT2D eigenvalue weighted by molar-refractivity contribution is 0.180. The van der Waals surface area contributed by atoms with Crippen molar-refractivity contribution >= 4 is 6.03 Å². The second kappa shape index (κ2) is 9.47. The number of carbonyl (C=O) groups is 1. The van der Waals surface area contributed by atoms with E-state index in [1.807, 2.05) is 71.1 Å². The van der Waals surface area contributed by atoms with Gasteiger partial charge in [0.25, 0.3) is 0 Å². The molecule has 1 unspecified atom stereocenters. The molecule has 6 rings (SSSR count). The van der Waals surface area contributed by atoms with Gasteiger partial charge in [-0.3, -0.25) is 0 Å². The summed E-state index contributed by atoms with van der Waals surface area (Å²) >= 11 is 0. The third kappa shape index (κ3) is 4.20. The van der Waals surface area contributed by atoms with Crippen LogP contribution in [0.2, 0.25) is 0 Å². The maximum atomic E-state index is 13.9. The summed E-state index contributed by atoms with van der Waals surface area (Å²) in [6.07, 6.45) is 2.07. The first-order valence-electron chi connectivity index (χ1n) is 12.6. The maximum absolute atomic E-state index is 13.9. The lowest BCUT2D eigenvalue weighted by Crippen LogP contribution is -2.41. The predicted molar refractivity (Wildman–Crippen MR) is 145 cm³/mol. The van der Waals surface area contributed by atoms with Crippen LogP contribution < -0.4 is 5.32 Å². The van der Waals surface area contributed by atoms with Crippen LogP contribution in [-0.4, -0.2) is 25.3 Å². The van der Waals surface area contributed by atoms with Crippen LogP contribution in [-0.2, 0) is 13.1 Å². The van der Waals surface area contributed by atoms with Gasteiger partial charge in [0.1, 0.15) is 5.82 Å². The molecule has 0 radical (unpaired) electrons. The number of urea groups is 1. The number of fused-ring (bicyclic) bond motifs is 3.